The van der Waals surface area contributed by atoms with Gasteiger partial charge >= 0.3 is 0 Å². The molecular formula is C17H27FN2S. The van der Waals surface area contributed by atoms with Crippen LogP contribution in [0.3, 0.4) is 0 Å². The Morgan fingerprint density at radius 1 is 1.38 bits per heavy atom. The number of nitrogens with one attached hydrogen (secondary N) is 1. The highest BCUT2D eigenvalue weighted by Gasteiger charge is 2.26. The fourth-order valence-electron chi connectivity index (χ4n) is 2.67. The quantitative estimate of drug-likeness (QED) is 0.888. The van der Waals surface area contributed by atoms with E-state index in [1.165, 1.54) is 0 Å². The molecule has 1 aliphatic heterocycles. The van der Waals surface area contributed by atoms with Gasteiger partial charge in [-0.15, -0.1) is 0 Å². The minimum absolute atomic E-state index is 0.0928. The van der Waals surface area contributed by atoms with E-state index in [-0.39, 0.29) is 5.82 Å². The number of rotatable bonds is 5. The largest absolute Gasteiger partial charge is 0.365 e. The van der Waals surface area contributed by atoms with Crippen molar-refractivity contribution < 1.29 is 4.39 Å². The van der Waals surface area contributed by atoms with E-state index >= 15 is 0 Å². The number of halogens is 1. The minimum Gasteiger partial charge on any atom is -0.365 e. The molecule has 0 saturated carbocycles. The van der Waals surface area contributed by atoms with Crippen molar-refractivity contribution in [2.45, 2.75) is 45.5 Å². The lowest BCUT2D eigenvalue weighted by Crippen LogP contribution is -2.45. The molecule has 0 aliphatic carbocycles. The molecule has 1 saturated heterocycles. The number of anilines is 1. The van der Waals surface area contributed by atoms with E-state index in [0.717, 1.165) is 36.6 Å². The number of nitrogens with zero attached hydrogens (tertiary/aromatic N) is 1. The number of hydrogen-bond acceptors (Lipinski definition) is 3. The number of hydrogen-bond donors (Lipinski definition) is 1. The maximum absolute atomic E-state index is 14.4. The Labute approximate surface area is 132 Å². The summed E-state index contributed by atoms with van der Waals surface area (Å²) in [5, 5.41) is 3.91. The van der Waals surface area contributed by atoms with Gasteiger partial charge in [0.1, 0.15) is 5.82 Å². The average molecular weight is 310 g/mol. The van der Waals surface area contributed by atoms with Gasteiger partial charge < -0.3 is 10.2 Å². The third-order valence-electron chi connectivity index (χ3n) is 4.09. The van der Waals surface area contributed by atoms with Gasteiger partial charge in [-0.3, -0.25) is 0 Å². The van der Waals surface area contributed by atoms with Crippen molar-refractivity contribution in [3.63, 3.8) is 0 Å². The van der Waals surface area contributed by atoms with Gasteiger partial charge in [-0.2, -0.15) is 11.8 Å². The third-order valence-corrected chi connectivity index (χ3v) is 5.43. The number of benzene rings is 1. The van der Waals surface area contributed by atoms with Crippen molar-refractivity contribution in [1.82, 2.24) is 5.32 Å². The van der Waals surface area contributed by atoms with Crippen LogP contribution in [0.4, 0.5) is 10.1 Å². The summed E-state index contributed by atoms with van der Waals surface area (Å²) in [5.74, 6) is 1.59. The van der Waals surface area contributed by atoms with Gasteiger partial charge in [0.05, 0.1) is 5.69 Å². The molecule has 1 heterocycles. The van der Waals surface area contributed by atoms with Crippen LogP contribution >= 0.6 is 11.8 Å². The van der Waals surface area contributed by atoms with Crippen LogP contribution in [0, 0.1) is 11.7 Å². The molecule has 21 heavy (non-hydrogen) atoms. The maximum Gasteiger partial charge on any atom is 0.146 e. The first kappa shape index (κ1) is 16.6. The summed E-state index contributed by atoms with van der Waals surface area (Å²) in [6.07, 6.45) is 0. The zero-order valence-electron chi connectivity index (χ0n) is 13.5. The predicted octanol–water partition coefficient (Wildman–Crippen LogP) is 3.90. The predicted molar refractivity (Wildman–Crippen MR) is 91.7 cm³/mol. The molecule has 0 radical (unpaired) electrons. The van der Waals surface area contributed by atoms with Gasteiger partial charge in [-0.05, 0) is 37.1 Å². The second-order valence-corrected chi connectivity index (χ2v) is 7.81. The lowest BCUT2D eigenvalue weighted by atomic mass is 10.1. The fourth-order valence-corrected chi connectivity index (χ4v) is 3.77. The Morgan fingerprint density at radius 3 is 2.81 bits per heavy atom. The second kappa shape index (κ2) is 7.50. The van der Waals surface area contributed by atoms with E-state index in [1.807, 2.05) is 23.9 Å². The molecule has 0 aromatic heterocycles. The van der Waals surface area contributed by atoms with E-state index in [0.29, 0.717) is 17.2 Å². The first-order valence-corrected chi connectivity index (χ1v) is 8.91. The van der Waals surface area contributed by atoms with Crippen LogP contribution in [0.5, 0.6) is 0 Å². The Hall–Kier alpha value is -0.740. The van der Waals surface area contributed by atoms with E-state index < -0.39 is 0 Å². The Kier molecular flexibility index (Phi) is 5.94. The molecule has 1 aromatic rings. The average Bonchev–Trinajstić information content (AvgIpc) is 2.42. The SMILES string of the molecule is CC(C)CNCc1ccc(N2CCSC(C)C2C)c(F)c1. The van der Waals surface area contributed by atoms with Gasteiger partial charge in [0.15, 0.2) is 0 Å². The normalized spacial score (nSPS) is 22.9. The summed E-state index contributed by atoms with van der Waals surface area (Å²) in [5.41, 5.74) is 1.77. The molecule has 118 valence electrons. The molecule has 2 rings (SSSR count). The molecule has 0 amide bonds. The zero-order valence-corrected chi connectivity index (χ0v) is 14.3. The summed E-state index contributed by atoms with van der Waals surface area (Å²) >= 11 is 1.97. The molecule has 1 aliphatic rings. The first-order chi connectivity index (χ1) is 9.99. The third kappa shape index (κ3) is 4.36. The highest BCUT2D eigenvalue weighted by atomic mass is 32.2. The molecule has 1 fully saturated rings. The molecule has 4 heteroatoms. The van der Waals surface area contributed by atoms with Crippen LogP contribution in [0.15, 0.2) is 18.2 Å². The first-order valence-electron chi connectivity index (χ1n) is 7.86. The van der Waals surface area contributed by atoms with Crippen molar-refractivity contribution in [2.75, 3.05) is 23.7 Å². The smallest absolute Gasteiger partial charge is 0.146 e. The van der Waals surface area contributed by atoms with Gasteiger partial charge in [0.25, 0.3) is 0 Å². The van der Waals surface area contributed by atoms with E-state index in [1.54, 1.807) is 6.07 Å². The zero-order chi connectivity index (χ0) is 15.4. The van der Waals surface area contributed by atoms with E-state index in [2.05, 4.69) is 37.9 Å². The molecule has 0 bridgehead atoms. The van der Waals surface area contributed by atoms with Crippen LogP contribution in [0.1, 0.15) is 33.3 Å². The van der Waals surface area contributed by atoms with Gasteiger partial charge in [-0.25, -0.2) is 4.39 Å². The fraction of sp³-hybridized carbons (Fsp3) is 0.647. The second-order valence-electron chi connectivity index (χ2n) is 6.32. The molecular weight excluding hydrogens is 283 g/mol. The van der Waals surface area contributed by atoms with Crippen LogP contribution in [-0.4, -0.2) is 30.1 Å². The van der Waals surface area contributed by atoms with Crippen molar-refractivity contribution in [3.05, 3.63) is 29.6 Å². The van der Waals surface area contributed by atoms with Crippen LogP contribution in [0.2, 0.25) is 0 Å². The highest BCUT2D eigenvalue weighted by molar-refractivity contribution is 8.00. The van der Waals surface area contributed by atoms with Crippen LogP contribution in [0.25, 0.3) is 0 Å². The topological polar surface area (TPSA) is 15.3 Å². The molecule has 1 aromatic carbocycles. The van der Waals surface area contributed by atoms with Crippen molar-refractivity contribution in [3.8, 4) is 0 Å². The van der Waals surface area contributed by atoms with Gasteiger partial charge in [0, 0.05) is 30.1 Å². The summed E-state index contributed by atoms with van der Waals surface area (Å²) in [4.78, 5) is 2.21. The standard InChI is InChI=1S/C17H27FN2S/c1-12(2)10-19-11-15-5-6-17(16(18)9-15)20-7-8-21-14(4)13(20)3/h5-6,9,12-14,19H,7-8,10-11H2,1-4H3. The Balaban J connectivity index is 2.05. The molecule has 2 unspecified atom stereocenters. The van der Waals surface area contributed by atoms with Crippen molar-refractivity contribution in [1.29, 1.82) is 0 Å². The number of thioether (sulfide) groups is 1. The summed E-state index contributed by atoms with van der Waals surface area (Å²) in [6.45, 7) is 11.4. The summed E-state index contributed by atoms with van der Waals surface area (Å²) in [7, 11) is 0. The monoisotopic (exact) mass is 310 g/mol. The lowest BCUT2D eigenvalue weighted by Gasteiger charge is -2.39. The lowest BCUT2D eigenvalue weighted by molar-refractivity contribution is 0.548. The molecule has 1 N–H and O–H groups in total. The van der Waals surface area contributed by atoms with Crippen molar-refractivity contribution in [2.24, 2.45) is 5.92 Å². The minimum atomic E-state index is -0.0928. The maximum atomic E-state index is 14.4. The summed E-state index contributed by atoms with van der Waals surface area (Å²) in [6, 6.07) is 6.05. The Morgan fingerprint density at radius 2 is 2.14 bits per heavy atom. The highest BCUT2D eigenvalue weighted by Crippen LogP contribution is 2.31. The Bertz CT molecular complexity index is 464. The van der Waals surface area contributed by atoms with Gasteiger partial charge in [0.2, 0.25) is 0 Å². The van der Waals surface area contributed by atoms with Crippen molar-refractivity contribution >= 4 is 17.4 Å². The summed E-state index contributed by atoms with van der Waals surface area (Å²) < 4.78 is 14.4. The molecule has 2 atom stereocenters. The molecule has 0 spiro atoms. The van der Waals surface area contributed by atoms with Crippen LogP contribution in [-0.2, 0) is 6.54 Å². The van der Waals surface area contributed by atoms with E-state index in [4.69, 9.17) is 0 Å². The van der Waals surface area contributed by atoms with Gasteiger partial charge in [-0.1, -0.05) is 26.8 Å². The van der Waals surface area contributed by atoms with Crippen LogP contribution < -0.4 is 10.2 Å². The van der Waals surface area contributed by atoms with E-state index in [9.17, 15) is 4.39 Å². The molecule has 2 nitrogen and oxygen atoms in total.